The van der Waals surface area contributed by atoms with Gasteiger partial charge in [-0.3, -0.25) is 4.99 Å². The zero-order valence-corrected chi connectivity index (χ0v) is 14.0. The first-order valence-electron chi connectivity index (χ1n) is 7.70. The van der Waals surface area contributed by atoms with Crippen LogP contribution in [-0.2, 0) is 6.54 Å². The molecule has 2 N–H and O–H groups in total. The van der Waals surface area contributed by atoms with E-state index in [1.807, 2.05) is 0 Å². The van der Waals surface area contributed by atoms with Gasteiger partial charge in [-0.2, -0.15) is 4.98 Å². The lowest BCUT2D eigenvalue weighted by molar-refractivity contribution is 0.318. The summed E-state index contributed by atoms with van der Waals surface area (Å²) in [6.07, 6.45) is 5.05. The number of aliphatic imine (C=N–C) groups is 1. The summed E-state index contributed by atoms with van der Waals surface area (Å²) in [6, 6.07) is 0. The van der Waals surface area contributed by atoms with E-state index in [0.29, 0.717) is 18.3 Å². The SMILES string of the molecule is CCCCCC(C)(C)CNC(=NC)NCc1nc(C)no1. The number of hydrogen-bond acceptors (Lipinski definition) is 4. The fourth-order valence-electron chi connectivity index (χ4n) is 2.06. The molecule has 0 unspecified atom stereocenters. The summed E-state index contributed by atoms with van der Waals surface area (Å²) < 4.78 is 5.06. The van der Waals surface area contributed by atoms with Gasteiger partial charge in [0.2, 0.25) is 5.89 Å². The van der Waals surface area contributed by atoms with Crippen molar-refractivity contribution >= 4 is 5.96 Å². The Morgan fingerprint density at radius 1 is 1.29 bits per heavy atom. The van der Waals surface area contributed by atoms with Crippen LogP contribution in [0.15, 0.2) is 9.52 Å². The van der Waals surface area contributed by atoms with Crippen LogP contribution in [0, 0.1) is 12.3 Å². The molecule has 0 bridgehead atoms. The summed E-state index contributed by atoms with van der Waals surface area (Å²) >= 11 is 0. The molecule has 1 aromatic heterocycles. The molecule has 0 aromatic carbocycles. The van der Waals surface area contributed by atoms with Gasteiger partial charge in [0.15, 0.2) is 11.8 Å². The largest absolute Gasteiger partial charge is 0.356 e. The molecule has 0 amide bonds. The van der Waals surface area contributed by atoms with Gasteiger partial charge < -0.3 is 15.2 Å². The number of nitrogens with zero attached hydrogens (tertiary/aromatic N) is 3. The van der Waals surface area contributed by atoms with Crippen LogP contribution < -0.4 is 10.6 Å². The van der Waals surface area contributed by atoms with E-state index >= 15 is 0 Å². The standard InChI is InChI=1S/C15H29N5O/c1-6-7-8-9-15(3,4)11-18-14(16-5)17-10-13-19-12(2)20-21-13/h6-11H2,1-5H3,(H2,16,17,18). The number of guanidine groups is 1. The van der Waals surface area contributed by atoms with Crippen molar-refractivity contribution in [2.24, 2.45) is 10.4 Å². The van der Waals surface area contributed by atoms with Crippen molar-refractivity contribution in [3.63, 3.8) is 0 Å². The van der Waals surface area contributed by atoms with Gasteiger partial charge in [0.05, 0.1) is 6.54 Å². The van der Waals surface area contributed by atoms with E-state index in [4.69, 9.17) is 4.52 Å². The third-order valence-corrected chi connectivity index (χ3v) is 3.39. The number of aromatic nitrogens is 2. The number of rotatable bonds is 8. The van der Waals surface area contributed by atoms with Crippen LogP contribution in [0.3, 0.4) is 0 Å². The Morgan fingerprint density at radius 2 is 2.05 bits per heavy atom. The third kappa shape index (κ3) is 7.11. The summed E-state index contributed by atoms with van der Waals surface area (Å²) in [4.78, 5) is 8.37. The van der Waals surface area contributed by atoms with Gasteiger partial charge in [-0.05, 0) is 18.8 Å². The monoisotopic (exact) mass is 295 g/mol. The highest BCUT2D eigenvalue weighted by molar-refractivity contribution is 5.79. The van der Waals surface area contributed by atoms with Crippen molar-refractivity contribution in [1.82, 2.24) is 20.8 Å². The Kier molecular flexibility index (Phi) is 7.19. The Labute approximate surface area is 127 Å². The van der Waals surface area contributed by atoms with Crippen molar-refractivity contribution in [3.8, 4) is 0 Å². The summed E-state index contributed by atoms with van der Waals surface area (Å²) in [5.74, 6) is 1.97. The van der Waals surface area contributed by atoms with Crippen LogP contribution in [-0.4, -0.2) is 29.7 Å². The van der Waals surface area contributed by atoms with Gasteiger partial charge >= 0.3 is 0 Å². The molecular formula is C15H29N5O. The van der Waals surface area contributed by atoms with Gasteiger partial charge in [-0.25, -0.2) is 0 Å². The molecule has 1 rings (SSSR count). The van der Waals surface area contributed by atoms with Crippen molar-refractivity contribution in [2.75, 3.05) is 13.6 Å². The Hall–Kier alpha value is -1.59. The smallest absolute Gasteiger partial charge is 0.246 e. The van der Waals surface area contributed by atoms with Crippen molar-refractivity contribution in [3.05, 3.63) is 11.7 Å². The Morgan fingerprint density at radius 3 is 2.62 bits per heavy atom. The minimum atomic E-state index is 0.258. The lowest BCUT2D eigenvalue weighted by Gasteiger charge is -2.26. The zero-order chi connectivity index (χ0) is 15.7. The summed E-state index contributed by atoms with van der Waals surface area (Å²) in [5, 5.41) is 10.3. The maximum Gasteiger partial charge on any atom is 0.246 e. The predicted octanol–water partition coefficient (Wildman–Crippen LogP) is 2.65. The normalized spacial score (nSPS) is 12.5. The van der Waals surface area contributed by atoms with E-state index in [-0.39, 0.29) is 5.41 Å². The number of aryl methyl sites for hydroxylation is 1. The summed E-state index contributed by atoms with van der Waals surface area (Å²) in [5.41, 5.74) is 0.258. The average molecular weight is 295 g/mol. The second-order valence-corrected chi connectivity index (χ2v) is 6.14. The van der Waals surface area contributed by atoms with Crippen molar-refractivity contribution in [1.29, 1.82) is 0 Å². The van der Waals surface area contributed by atoms with E-state index in [1.165, 1.54) is 25.7 Å². The second kappa shape index (κ2) is 8.64. The highest BCUT2D eigenvalue weighted by Gasteiger charge is 2.17. The molecular weight excluding hydrogens is 266 g/mol. The highest BCUT2D eigenvalue weighted by Crippen LogP contribution is 2.22. The molecule has 0 aliphatic rings. The molecule has 0 saturated carbocycles. The topological polar surface area (TPSA) is 75.3 Å². The Balaban J connectivity index is 2.33. The first-order chi connectivity index (χ1) is 9.96. The van der Waals surface area contributed by atoms with Crippen LogP contribution in [0.2, 0.25) is 0 Å². The average Bonchev–Trinajstić information content (AvgIpc) is 2.85. The molecule has 0 aliphatic carbocycles. The van der Waals surface area contributed by atoms with E-state index in [9.17, 15) is 0 Å². The van der Waals surface area contributed by atoms with Gasteiger partial charge in [0.25, 0.3) is 0 Å². The van der Waals surface area contributed by atoms with Crippen LogP contribution in [0.1, 0.15) is 58.2 Å². The number of nitrogens with one attached hydrogen (secondary N) is 2. The molecule has 0 atom stereocenters. The van der Waals surface area contributed by atoms with Crippen LogP contribution in [0.5, 0.6) is 0 Å². The van der Waals surface area contributed by atoms with E-state index in [2.05, 4.69) is 46.5 Å². The van der Waals surface area contributed by atoms with Gasteiger partial charge in [-0.1, -0.05) is 45.2 Å². The zero-order valence-electron chi connectivity index (χ0n) is 14.0. The first kappa shape index (κ1) is 17.5. The van der Waals surface area contributed by atoms with Gasteiger partial charge in [0.1, 0.15) is 0 Å². The van der Waals surface area contributed by atoms with E-state index in [0.717, 1.165) is 12.5 Å². The molecule has 0 radical (unpaired) electrons. The van der Waals surface area contributed by atoms with Gasteiger partial charge in [-0.15, -0.1) is 0 Å². The fourth-order valence-corrected chi connectivity index (χ4v) is 2.06. The van der Waals surface area contributed by atoms with Crippen molar-refractivity contribution in [2.45, 2.75) is 59.9 Å². The van der Waals surface area contributed by atoms with Crippen molar-refractivity contribution < 1.29 is 4.52 Å². The number of unbranched alkanes of at least 4 members (excludes halogenated alkanes) is 2. The van der Waals surface area contributed by atoms with E-state index in [1.54, 1.807) is 14.0 Å². The molecule has 0 saturated heterocycles. The maximum absolute atomic E-state index is 5.06. The quantitative estimate of drug-likeness (QED) is 0.438. The minimum absolute atomic E-state index is 0.258. The van der Waals surface area contributed by atoms with E-state index < -0.39 is 0 Å². The molecule has 21 heavy (non-hydrogen) atoms. The van der Waals surface area contributed by atoms with Crippen LogP contribution >= 0.6 is 0 Å². The Bertz CT molecular complexity index is 439. The molecule has 120 valence electrons. The lowest BCUT2D eigenvalue weighted by Crippen LogP contribution is -2.41. The highest BCUT2D eigenvalue weighted by atomic mass is 16.5. The molecule has 0 fully saturated rings. The summed E-state index contributed by atoms with van der Waals surface area (Å²) in [7, 11) is 1.76. The van der Waals surface area contributed by atoms with Crippen LogP contribution in [0.25, 0.3) is 0 Å². The maximum atomic E-state index is 5.06. The molecule has 1 heterocycles. The molecule has 0 aliphatic heterocycles. The predicted molar refractivity (Wildman–Crippen MR) is 85.2 cm³/mol. The molecule has 6 nitrogen and oxygen atoms in total. The van der Waals surface area contributed by atoms with Gasteiger partial charge in [0, 0.05) is 13.6 Å². The second-order valence-electron chi connectivity index (χ2n) is 6.14. The summed E-state index contributed by atoms with van der Waals surface area (Å²) in [6.45, 7) is 9.97. The molecule has 1 aromatic rings. The number of hydrogen-bond donors (Lipinski definition) is 2. The van der Waals surface area contributed by atoms with Crippen LogP contribution in [0.4, 0.5) is 0 Å². The first-order valence-corrected chi connectivity index (χ1v) is 7.70. The fraction of sp³-hybridized carbons (Fsp3) is 0.800. The third-order valence-electron chi connectivity index (χ3n) is 3.39. The molecule has 6 heteroatoms. The minimum Gasteiger partial charge on any atom is -0.356 e. The molecule has 0 spiro atoms. The lowest BCUT2D eigenvalue weighted by atomic mass is 9.87.